The molecule has 0 aliphatic carbocycles. The van der Waals surface area contributed by atoms with Crippen LogP contribution in [0.1, 0.15) is 11.4 Å². The fraction of sp³-hybridized carbons (Fsp3) is 0.0625. The number of aryl methyl sites for hydroxylation is 1. The Kier molecular flexibility index (Phi) is 4.00. The van der Waals surface area contributed by atoms with Crippen molar-refractivity contribution in [3.05, 3.63) is 63.8 Å². The van der Waals surface area contributed by atoms with Crippen LogP contribution in [-0.2, 0) is 4.79 Å². The van der Waals surface area contributed by atoms with E-state index in [4.69, 9.17) is 11.6 Å². The molecule has 110 valence electrons. The van der Waals surface area contributed by atoms with E-state index in [2.05, 4.69) is 4.98 Å². The van der Waals surface area contributed by atoms with E-state index >= 15 is 0 Å². The van der Waals surface area contributed by atoms with Gasteiger partial charge in [0.05, 0.1) is 16.3 Å². The fourth-order valence-electron chi connectivity index (χ4n) is 2.06. The van der Waals surface area contributed by atoms with Crippen LogP contribution in [0, 0.1) is 6.92 Å². The summed E-state index contributed by atoms with van der Waals surface area (Å²) in [7, 11) is 0. The number of halogens is 1. The van der Waals surface area contributed by atoms with Crippen molar-refractivity contribution in [2.75, 3.05) is 4.90 Å². The first-order valence-corrected chi connectivity index (χ1v) is 7.71. The number of aromatic nitrogens is 1. The van der Waals surface area contributed by atoms with Gasteiger partial charge in [-0.1, -0.05) is 17.7 Å². The monoisotopic (exact) mass is 330 g/mol. The topological polar surface area (TPSA) is 50.3 Å². The zero-order valence-corrected chi connectivity index (χ0v) is 13.2. The molecule has 1 aliphatic heterocycles. The molecular weight excluding hydrogens is 320 g/mol. The maximum Gasteiger partial charge on any atom is 0.298 e. The highest BCUT2D eigenvalue weighted by molar-refractivity contribution is 8.19. The van der Waals surface area contributed by atoms with Crippen molar-refractivity contribution in [1.29, 1.82) is 0 Å². The Morgan fingerprint density at radius 2 is 1.86 bits per heavy atom. The molecule has 0 N–H and O–H groups in total. The SMILES string of the molecule is Cc1cccc(/C=C2\SC(=O)N(c3ccc(Cl)cc3)C2=O)n1. The van der Waals surface area contributed by atoms with Crippen LogP contribution in [0.25, 0.3) is 6.08 Å². The second-order valence-electron chi connectivity index (χ2n) is 4.70. The molecule has 1 saturated heterocycles. The fourth-order valence-corrected chi connectivity index (χ4v) is 3.01. The zero-order valence-electron chi connectivity index (χ0n) is 11.6. The smallest absolute Gasteiger partial charge is 0.268 e. The number of benzene rings is 1. The summed E-state index contributed by atoms with van der Waals surface area (Å²) in [5.41, 5.74) is 2.01. The first-order valence-electron chi connectivity index (χ1n) is 6.52. The molecule has 2 aromatic rings. The van der Waals surface area contributed by atoms with E-state index in [0.29, 0.717) is 21.3 Å². The van der Waals surface area contributed by atoms with E-state index in [1.807, 2.05) is 19.1 Å². The summed E-state index contributed by atoms with van der Waals surface area (Å²) >= 11 is 6.74. The van der Waals surface area contributed by atoms with Crippen LogP contribution in [0.5, 0.6) is 0 Å². The number of anilines is 1. The lowest BCUT2D eigenvalue weighted by Gasteiger charge is -2.12. The molecule has 0 radical (unpaired) electrons. The van der Waals surface area contributed by atoms with Crippen LogP contribution >= 0.6 is 23.4 Å². The minimum atomic E-state index is -0.347. The highest BCUT2D eigenvalue weighted by atomic mass is 35.5. The largest absolute Gasteiger partial charge is 0.298 e. The van der Waals surface area contributed by atoms with E-state index in [-0.39, 0.29) is 11.1 Å². The van der Waals surface area contributed by atoms with Gasteiger partial charge in [-0.05, 0) is 61.2 Å². The summed E-state index contributed by atoms with van der Waals surface area (Å²) in [6, 6.07) is 12.1. The lowest BCUT2D eigenvalue weighted by atomic mass is 10.2. The number of amides is 2. The van der Waals surface area contributed by atoms with Gasteiger partial charge >= 0.3 is 0 Å². The first kappa shape index (κ1) is 14.8. The number of thioether (sulfide) groups is 1. The molecule has 1 aromatic heterocycles. The van der Waals surface area contributed by atoms with Crippen molar-refractivity contribution < 1.29 is 9.59 Å². The molecule has 0 unspecified atom stereocenters. The minimum Gasteiger partial charge on any atom is -0.268 e. The molecule has 0 spiro atoms. The Labute approximate surface area is 136 Å². The van der Waals surface area contributed by atoms with Crippen LogP contribution in [-0.4, -0.2) is 16.1 Å². The van der Waals surface area contributed by atoms with Crippen molar-refractivity contribution >= 4 is 46.3 Å². The van der Waals surface area contributed by atoms with Crippen LogP contribution < -0.4 is 4.90 Å². The maximum absolute atomic E-state index is 12.4. The predicted molar refractivity (Wildman–Crippen MR) is 88.9 cm³/mol. The second kappa shape index (κ2) is 5.94. The summed E-state index contributed by atoms with van der Waals surface area (Å²) in [5, 5.41) is 0.224. The van der Waals surface area contributed by atoms with Gasteiger partial charge in [0.25, 0.3) is 11.1 Å². The third-order valence-electron chi connectivity index (χ3n) is 3.07. The van der Waals surface area contributed by atoms with Gasteiger partial charge in [-0.15, -0.1) is 0 Å². The molecule has 22 heavy (non-hydrogen) atoms. The summed E-state index contributed by atoms with van der Waals surface area (Å²) < 4.78 is 0. The number of hydrogen-bond acceptors (Lipinski definition) is 4. The van der Waals surface area contributed by atoms with Crippen LogP contribution in [0.4, 0.5) is 10.5 Å². The van der Waals surface area contributed by atoms with Gasteiger partial charge in [0.1, 0.15) is 0 Å². The van der Waals surface area contributed by atoms with E-state index < -0.39 is 0 Å². The van der Waals surface area contributed by atoms with E-state index in [1.165, 1.54) is 0 Å². The van der Waals surface area contributed by atoms with Crippen molar-refractivity contribution in [3.8, 4) is 0 Å². The molecule has 2 heterocycles. The Morgan fingerprint density at radius 3 is 2.55 bits per heavy atom. The molecule has 4 nitrogen and oxygen atoms in total. The van der Waals surface area contributed by atoms with Gasteiger partial charge in [0.15, 0.2) is 0 Å². The van der Waals surface area contributed by atoms with Crippen molar-refractivity contribution in [3.63, 3.8) is 0 Å². The van der Waals surface area contributed by atoms with Crippen LogP contribution in [0.2, 0.25) is 5.02 Å². The minimum absolute atomic E-state index is 0.328. The molecule has 1 aromatic carbocycles. The number of rotatable bonds is 2. The average molecular weight is 331 g/mol. The first-order chi connectivity index (χ1) is 10.5. The van der Waals surface area contributed by atoms with Gasteiger partial charge in [-0.3, -0.25) is 14.6 Å². The molecule has 0 atom stereocenters. The molecule has 0 bridgehead atoms. The number of imide groups is 1. The van der Waals surface area contributed by atoms with Crippen molar-refractivity contribution in [2.45, 2.75) is 6.92 Å². The molecule has 0 saturated carbocycles. The van der Waals surface area contributed by atoms with Gasteiger partial charge in [0.2, 0.25) is 0 Å². The Balaban J connectivity index is 1.93. The summed E-state index contributed by atoms with van der Waals surface area (Å²) in [6.45, 7) is 1.87. The molecule has 6 heteroatoms. The quantitative estimate of drug-likeness (QED) is 0.771. The van der Waals surface area contributed by atoms with Crippen LogP contribution in [0.3, 0.4) is 0 Å². The molecule has 1 fully saturated rings. The summed E-state index contributed by atoms with van der Waals surface area (Å²) in [4.78, 5) is 30.4. The highest BCUT2D eigenvalue weighted by Crippen LogP contribution is 2.35. The van der Waals surface area contributed by atoms with E-state index in [1.54, 1.807) is 36.4 Å². The normalized spacial score (nSPS) is 16.6. The Bertz CT molecular complexity index is 787. The van der Waals surface area contributed by atoms with Crippen LogP contribution in [0.15, 0.2) is 47.4 Å². The molecule has 2 amide bonds. The Hall–Kier alpha value is -2.11. The number of pyridine rings is 1. The van der Waals surface area contributed by atoms with Gasteiger partial charge in [-0.25, -0.2) is 4.90 Å². The number of hydrogen-bond donors (Lipinski definition) is 0. The summed E-state index contributed by atoms with van der Waals surface area (Å²) in [6.07, 6.45) is 1.63. The number of carbonyl (C=O) groups excluding carboxylic acids is 2. The molecule has 3 rings (SSSR count). The van der Waals surface area contributed by atoms with Crippen molar-refractivity contribution in [2.24, 2.45) is 0 Å². The van der Waals surface area contributed by atoms with Gasteiger partial charge in [-0.2, -0.15) is 0 Å². The maximum atomic E-state index is 12.4. The van der Waals surface area contributed by atoms with E-state index in [0.717, 1.165) is 22.4 Å². The third-order valence-corrected chi connectivity index (χ3v) is 4.19. The number of nitrogens with zero attached hydrogens (tertiary/aromatic N) is 2. The van der Waals surface area contributed by atoms with Gasteiger partial charge < -0.3 is 0 Å². The molecule has 1 aliphatic rings. The third kappa shape index (κ3) is 2.91. The zero-order chi connectivity index (χ0) is 15.7. The predicted octanol–water partition coefficient (Wildman–Crippen LogP) is 4.28. The Morgan fingerprint density at radius 1 is 1.14 bits per heavy atom. The summed E-state index contributed by atoms with van der Waals surface area (Å²) in [5.74, 6) is -0.347. The highest BCUT2D eigenvalue weighted by Gasteiger charge is 2.36. The van der Waals surface area contributed by atoms with E-state index in [9.17, 15) is 9.59 Å². The standard InChI is InChI=1S/C16H11ClN2O2S/c1-10-3-2-4-12(18-10)9-14-15(20)19(16(21)22-14)13-7-5-11(17)6-8-13/h2-9H,1H3/b14-9-. The lowest BCUT2D eigenvalue weighted by Crippen LogP contribution is -2.27. The number of carbonyl (C=O) groups is 2. The van der Waals surface area contributed by atoms with Gasteiger partial charge in [0, 0.05) is 10.7 Å². The van der Waals surface area contributed by atoms with Crippen molar-refractivity contribution in [1.82, 2.24) is 4.98 Å². The lowest BCUT2D eigenvalue weighted by molar-refractivity contribution is -0.113. The second-order valence-corrected chi connectivity index (χ2v) is 6.13. The molecular formula is C16H11ClN2O2S. The average Bonchev–Trinajstić information content (AvgIpc) is 2.75.